The molecule has 0 aliphatic carbocycles. The standard InChI is InChI=1S/C22H17N3O5S/c1-12(26)14-7-8-16-17(9-14)30-22(29)25(16)11-19(27)24-21-15(20(23)28)10-18(31-21)13-5-3-2-4-6-13/h2-10H,11H2,1H3,(H2,23,28)(H,24,27). The van der Waals surface area contributed by atoms with Crippen molar-refractivity contribution in [2.45, 2.75) is 13.5 Å². The maximum atomic E-state index is 12.7. The summed E-state index contributed by atoms with van der Waals surface area (Å²) in [6.07, 6.45) is 0. The van der Waals surface area contributed by atoms with Crippen LogP contribution in [-0.2, 0) is 11.3 Å². The molecule has 0 aliphatic heterocycles. The van der Waals surface area contributed by atoms with Gasteiger partial charge in [0.15, 0.2) is 11.4 Å². The Morgan fingerprint density at radius 3 is 2.52 bits per heavy atom. The Balaban J connectivity index is 1.61. The summed E-state index contributed by atoms with van der Waals surface area (Å²) in [5.41, 5.74) is 7.54. The summed E-state index contributed by atoms with van der Waals surface area (Å²) < 4.78 is 6.33. The van der Waals surface area contributed by atoms with Crippen molar-refractivity contribution < 1.29 is 18.8 Å². The summed E-state index contributed by atoms with van der Waals surface area (Å²) in [7, 11) is 0. The predicted octanol–water partition coefficient (Wildman–Crippen LogP) is 3.26. The summed E-state index contributed by atoms with van der Waals surface area (Å²) in [5.74, 6) is -2.08. The van der Waals surface area contributed by atoms with Crippen molar-refractivity contribution in [3.63, 3.8) is 0 Å². The Morgan fingerprint density at radius 2 is 1.84 bits per heavy atom. The number of Topliss-reactive ketones (excluding diaryl/α,β-unsaturated/α-hetero) is 1. The number of nitrogens with two attached hydrogens (primary N) is 1. The molecule has 9 heteroatoms. The Hall–Kier alpha value is -3.98. The zero-order valence-electron chi connectivity index (χ0n) is 16.4. The van der Waals surface area contributed by atoms with E-state index in [9.17, 15) is 19.2 Å². The number of carbonyl (C=O) groups is 3. The van der Waals surface area contributed by atoms with Gasteiger partial charge in [0.1, 0.15) is 11.5 Å². The first-order chi connectivity index (χ1) is 14.8. The Morgan fingerprint density at radius 1 is 1.10 bits per heavy atom. The topological polar surface area (TPSA) is 124 Å². The molecule has 2 heterocycles. The molecule has 0 aliphatic rings. The number of anilines is 1. The number of fused-ring (bicyclic) bond motifs is 1. The Bertz CT molecular complexity index is 1380. The molecule has 0 bridgehead atoms. The average molecular weight is 435 g/mol. The lowest BCUT2D eigenvalue weighted by molar-refractivity contribution is -0.116. The molecule has 0 unspecified atom stereocenters. The third-order valence-electron chi connectivity index (χ3n) is 4.69. The smallest absolute Gasteiger partial charge is 0.408 e. The van der Waals surface area contributed by atoms with E-state index < -0.39 is 17.6 Å². The van der Waals surface area contributed by atoms with Gasteiger partial charge in [0.05, 0.1) is 11.1 Å². The fourth-order valence-electron chi connectivity index (χ4n) is 3.16. The van der Waals surface area contributed by atoms with Crippen molar-refractivity contribution in [1.82, 2.24) is 4.57 Å². The van der Waals surface area contributed by atoms with Gasteiger partial charge in [-0.05, 0) is 36.8 Å². The summed E-state index contributed by atoms with van der Waals surface area (Å²) in [6.45, 7) is 1.08. The number of oxazole rings is 1. The highest BCUT2D eigenvalue weighted by molar-refractivity contribution is 7.20. The third-order valence-corrected chi connectivity index (χ3v) is 5.78. The molecule has 0 saturated heterocycles. The van der Waals surface area contributed by atoms with Crippen LogP contribution in [0.25, 0.3) is 21.5 Å². The lowest BCUT2D eigenvalue weighted by Gasteiger charge is -2.05. The molecule has 31 heavy (non-hydrogen) atoms. The number of hydrogen-bond acceptors (Lipinski definition) is 6. The number of thiophene rings is 1. The van der Waals surface area contributed by atoms with Gasteiger partial charge in [-0.2, -0.15) is 0 Å². The number of hydrogen-bond donors (Lipinski definition) is 2. The number of amides is 2. The van der Waals surface area contributed by atoms with Gasteiger partial charge in [0.25, 0.3) is 5.91 Å². The lowest BCUT2D eigenvalue weighted by Crippen LogP contribution is -2.25. The van der Waals surface area contributed by atoms with Crippen LogP contribution in [0.15, 0.2) is 63.8 Å². The minimum absolute atomic E-state index is 0.166. The number of nitrogens with zero attached hydrogens (tertiary/aromatic N) is 1. The van der Waals surface area contributed by atoms with Gasteiger partial charge >= 0.3 is 5.76 Å². The minimum Gasteiger partial charge on any atom is -0.408 e. The monoisotopic (exact) mass is 435 g/mol. The van der Waals surface area contributed by atoms with E-state index in [0.29, 0.717) is 16.1 Å². The van der Waals surface area contributed by atoms with Crippen LogP contribution in [0.5, 0.6) is 0 Å². The van der Waals surface area contributed by atoms with Gasteiger partial charge in [-0.15, -0.1) is 11.3 Å². The summed E-state index contributed by atoms with van der Waals surface area (Å²) in [5, 5.41) is 2.97. The van der Waals surface area contributed by atoms with Gasteiger partial charge in [0.2, 0.25) is 5.91 Å². The van der Waals surface area contributed by atoms with E-state index in [2.05, 4.69) is 5.32 Å². The zero-order valence-corrected chi connectivity index (χ0v) is 17.2. The quantitative estimate of drug-likeness (QED) is 0.450. The molecule has 2 amide bonds. The number of nitrogens with one attached hydrogen (secondary N) is 1. The van der Waals surface area contributed by atoms with Crippen LogP contribution >= 0.6 is 11.3 Å². The van der Waals surface area contributed by atoms with Crippen LogP contribution < -0.4 is 16.8 Å². The third kappa shape index (κ3) is 4.03. The highest BCUT2D eigenvalue weighted by Crippen LogP contribution is 2.35. The van der Waals surface area contributed by atoms with E-state index in [-0.39, 0.29) is 23.5 Å². The first-order valence-electron chi connectivity index (χ1n) is 9.26. The predicted molar refractivity (Wildman–Crippen MR) is 117 cm³/mol. The molecule has 0 radical (unpaired) electrons. The second-order valence-electron chi connectivity index (χ2n) is 6.82. The van der Waals surface area contributed by atoms with Crippen LogP contribution in [0.2, 0.25) is 0 Å². The van der Waals surface area contributed by atoms with Crippen molar-refractivity contribution in [2.24, 2.45) is 5.73 Å². The molecule has 8 nitrogen and oxygen atoms in total. The maximum Gasteiger partial charge on any atom is 0.420 e. The molecule has 4 aromatic rings. The molecular weight excluding hydrogens is 418 g/mol. The molecule has 0 saturated carbocycles. The number of carbonyl (C=O) groups excluding carboxylic acids is 3. The first-order valence-corrected chi connectivity index (χ1v) is 10.1. The Kier molecular flexibility index (Phi) is 5.26. The fraction of sp³-hybridized carbons (Fsp3) is 0.0909. The minimum atomic E-state index is -0.725. The molecular formula is C22H17N3O5S. The first kappa shape index (κ1) is 20.3. The summed E-state index contributed by atoms with van der Waals surface area (Å²) in [4.78, 5) is 49.0. The number of aromatic nitrogens is 1. The zero-order chi connectivity index (χ0) is 22.1. The largest absolute Gasteiger partial charge is 0.420 e. The van der Waals surface area contributed by atoms with Gasteiger partial charge in [-0.25, -0.2) is 4.79 Å². The average Bonchev–Trinajstić information content (AvgIpc) is 3.29. The highest BCUT2D eigenvalue weighted by Gasteiger charge is 2.19. The summed E-state index contributed by atoms with van der Waals surface area (Å²) >= 11 is 1.21. The van der Waals surface area contributed by atoms with E-state index in [1.165, 1.54) is 24.3 Å². The molecule has 4 rings (SSSR count). The normalized spacial score (nSPS) is 10.9. The van der Waals surface area contributed by atoms with Gasteiger partial charge in [0, 0.05) is 10.4 Å². The van der Waals surface area contributed by atoms with E-state index in [1.54, 1.807) is 18.2 Å². The second-order valence-corrected chi connectivity index (χ2v) is 7.88. The number of rotatable bonds is 6. The van der Waals surface area contributed by atoms with E-state index in [4.69, 9.17) is 10.2 Å². The second kappa shape index (κ2) is 8.04. The number of primary amides is 1. The molecule has 0 atom stereocenters. The van der Waals surface area contributed by atoms with Gasteiger partial charge in [-0.3, -0.25) is 19.0 Å². The number of benzene rings is 2. The molecule has 0 spiro atoms. The van der Waals surface area contributed by atoms with Crippen molar-refractivity contribution in [1.29, 1.82) is 0 Å². The van der Waals surface area contributed by atoms with Crippen LogP contribution in [0.1, 0.15) is 27.6 Å². The van der Waals surface area contributed by atoms with E-state index >= 15 is 0 Å². The summed E-state index contributed by atoms with van der Waals surface area (Å²) in [6, 6.07) is 15.6. The van der Waals surface area contributed by atoms with E-state index in [1.807, 2.05) is 30.3 Å². The fourth-order valence-corrected chi connectivity index (χ4v) is 4.24. The molecule has 2 aromatic heterocycles. The van der Waals surface area contributed by atoms with Crippen LogP contribution in [0.4, 0.5) is 5.00 Å². The SMILES string of the molecule is CC(=O)c1ccc2c(c1)oc(=O)n2CC(=O)Nc1sc(-c2ccccc2)cc1C(N)=O. The van der Waals surface area contributed by atoms with Gasteiger partial charge < -0.3 is 15.5 Å². The molecule has 0 fully saturated rings. The lowest BCUT2D eigenvalue weighted by atomic mass is 10.1. The van der Waals surface area contributed by atoms with Crippen molar-refractivity contribution in [3.8, 4) is 10.4 Å². The van der Waals surface area contributed by atoms with Crippen LogP contribution in [0.3, 0.4) is 0 Å². The van der Waals surface area contributed by atoms with Crippen molar-refractivity contribution in [3.05, 3.63) is 76.3 Å². The molecule has 156 valence electrons. The Labute approximate surface area is 179 Å². The number of ketones is 1. The van der Waals surface area contributed by atoms with Gasteiger partial charge in [-0.1, -0.05) is 30.3 Å². The molecule has 2 aromatic carbocycles. The van der Waals surface area contributed by atoms with Crippen molar-refractivity contribution in [2.75, 3.05) is 5.32 Å². The molecule has 3 N–H and O–H groups in total. The van der Waals surface area contributed by atoms with E-state index in [0.717, 1.165) is 15.0 Å². The van der Waals surface area contributed by atoms with Crippen LogP contribution in [0, 0.1) is 0 Å². The maximum absolute atomic E-state index is 12.7. The van der Waals surface area contributed by atoms with Crippen molar-refractivity contribution >= 4 is 45.0 Å². The van der Waals surface area contributed by atoms with Crippen LogP contribution in [-0.4, -0.2) is 22.2 Å². The highest BCUT2D eigenvalue weighted by atomic mass is 32.1.